The van der Waals surface area contributed by atoms with E-state index in [2.05, 4.69) is 19.1 Å². The highest BCUT2D eigenvalue weighted by atomic mass is 16.6. The Labute approximate surface area is 159 Å². The van der Waals surface area contributed by atoms with Crippen molar-refractivity contribution in [1.29, 1.82) is 0 Å². The fraction of sp³-hybridized carbons (Fsp3) is 0.409. The Bertz CT molecular complexity index is 867. The average Bonchev–Trinajstić information content (AvgIpc) is 3.23. The Kier molecular flexibility index (Phi) is 4.46. The molecule has 3 atom stereocenters. The van der Waals surface area contributed by atoms with Crippen LogP contribution in [0.5, 0.6) is 0 Å². The van der Waals surface area contributed by atoms with E-state index in [9.17, 15) is 14.9 Å². The predicted molar refractivity (Wildman–Crippen MR) is 103 cm³/mol. The SMILES string of the molecule is CCC1(c2cccc([N+](=O)[O-])c2)C2CN(CCCc3ccccc3)C(=O)C21. The largest absolute Gasteiger partial charge is 0.342 e. The monoisotopic (exact) mass is 364 g/mol. The number of non-ortho nitro benzene ring substituents is 1. The number of piperidine rings is 1. The zero-order valence-corrected chi connectivity index (χ0v) is 15.5. The van der Waals surface area contributed by atoms with Gasteiger partial charge in [-0.05, 0) is 36.3 Å². The molecule has 5 nitrogen and oxygen atoms in total. The van der Waals surface area contributed by atoms with Crippen molar-refractivity contribution in [3.05, 3.63) is 75.8 Å². The Morgan fingerprint density at radius 2 is 1.96 bits per heavy atom. The van der Waals surface area contributed by atoms with Crippen LogP contribution in [0.4, 0.5) is 5.69 Å². The maximum absolute atomic E-state index is 12.9. The van der Waals surface area contributed by atoms with Crippen LogP contribution in [-0.2, 0) is 16.6 Å². The van der Waals surface area contributed by atoms with Crippen LogP contribution in [0.1, 0.15) is 30.9 Å². The van der Waals surface area contributed by atoms with Gasteiger partial charge in [0.1, 0.15) is 0 Å². The van der Waals surface area contributed by atoms with Crippen molar-refractivity contribution >= 4 is 11.6 Å². The fourth-order valence-electron chi connectivity index (χ4n) is 5.01. The molecule has 140 valence electrons. The second kappa shape index (κ2) is 6.80. The topological polar surface area (TPSA) is 63.5 Å². The molecule has 0 aromatic heterocycles. The number of hydrogen-bond donors (Lipinski definition) is 0. The number of benzene rings is 2. The molecular weight excluding hydrogens is 340 g/mol. The predicted octanol–water partition coefficient (Wildman–Crippen LogP) is 3.96. The maximum atomic E-state index is 12.9. The van der Waals surface area contributed by atoms with Crippen LogP contribution in [0.25, 0.3) is 0 Å². The van der Waals surface area contributed by atoms with Crippen molar-refractivity contribution in [2.75, 3.05) is 13.1 Å². The molecule has 3 unspecified atom stereocenters. The summed E-state index contributed by atoms with van der Waals surface area (Å²) < 4.78 is 0. The van der Waals surface area contributed by atoms with Gasteiger partial charge in [-0.15, -0.1) is 0 Å². The van der Waals surface area contributed by atoms with E-state index in [4.69, 9.17) is 0 Å². The van der Waals surface area contributed by atoms with Gasteiger partial charge in [-0.2, -0.15) is 0 Å². The van der Waals surface area contributed by atoms with Crippen molar-refractivity contribution in [2.45, 2.75) is 31.6 Å². The van der Waals surface area contributed by atoms with Gasteiger partial charge in [0.2, 0.25) is 5.91 Å². The summed E-state index contributed by atoms with van der Waals surface area (Å²) in [5.41, 5.74) is 2.15. The molecule has 4 rings (SSSR count). The number of nitro groups is 1. The zero-order chi connectivity index (χ0) is 19.0. The normalized spacial score (nSPS) is 26.1. The average molecular weight is 364 g/mol. The van der Waals surface area contributed by atoms with Crippen LogP contribution in [0.2, 0.25) is 0 Å². The van der Waals surface area contributed by atoms with E-state index in [-0.39, 0.29) is 33.8 Å². The van der Waals surface area contributed by atoms with E-state index in [0.717, 1.165) is 37.9 Å². The number of likely N-dealkylation sites (tertiary alicyclic amines) is 1. The van der Waals surface area contributed by atoms with Crippen molar-refractivity contribution in [1.82, 2.24) is 4.90 Å². The number of carbonyl (C=O) groups is 1. The van der Waals surface area contributed by atoms with E-state index < -0.39 is 0 Å². The number of fused-ring (bicyclic) bond motifs is 1. The number of nitrogens with zero attached hydrogens (tertiary/aromatic N) is 2. The Hall–Kier alpha value is -2.69. The zero-order valence-electron chi connectivity index (χ0n) is 15.5. The van der Waals surface area contributed by atoms with Gasteiger partial charge in [-0.1, -0.05) is 49.4 Å². The standard InChI is InChI=1S/C22H24N2O3/c1-2-22(17-11-6-12-18(14-17)24(26)27)19-15-23(21(25)20(19)22)13-7-10-16-8-4-3-5-9-16/h3-6,8-9,11-12,14,19-20H,2,7,10,13,15H2,1H3. The first-order valence-electron chi connectivity index (χ1n) is 9.65. The molecule has 1 saturated heterocycles. The van der Waals surface area contributed by atoms with Crippen LogP contribution in [0, 0.1) is 22.0 Å². The molecular formula is C22H24N2O3. The number of hydrogen-bond acceptors (Lipinski definition) is 3. The Balaban J connectivity index is 1.42. The van der Waals surface area contributed by atoms with Crippen molar-refractivity contribution in [2.24, 2.45) is 11.8 Å². The maximum Gasteiger partial charge on any atom is 0.269 e. The number of carbonyl (C=O) groups excluding carboxylic acids is 1. The molecule has 5 heteroatoms. The lowest BCUT2D eigenvalue weighted by molar-refractivity contribution is -0.384. The van der Waals surface area contributed by atoms with Crippen LogP contribution < -0.4 is 0 Å². The highest BCUT2D eigenvalue weighted by Crippen LogP contribution is 2.66. The molecule has 1 aliphatic heterocycles. The van der Waals surface area contributed by atoms with Crippen molar-refractivity contribution in [3.8, 4) is 0 Å². The molecule has 0 spiro atoms. The van der Waals surface area contributed by atoms with Crippen LogP contribution in [0.3, 0.4) is 0 Å². The molecule has 27 heavy (non-hydrogen) atoms. The van der Waals surface area contributed by atoms with E-state index >= 15 is 0 Å². The summed E-state index contributed by atoms with van der Waals surface area (Å²) in [5, 5.41) is 11.1. The fourth-order valence-corrected chi connectivity index (χ4v) is 5.01. The van der Waals surface area contributed by atoms with Gasteiger partial charge in [-0.3, -0.25) is 14.9 Å². The molecule has 2 aromatic rings. The molecule has 0 radical (unpaired) electrons. The third-order valence-corrected chi connectivity index (χ3v) is 6.42. The molecule has 1 amide bonds. The smallest absolute Gasteiger partial charge is 0.269 e. The van der Waals surface area contributed by atoms with E-state index in [1.54, 1.807) is 12.1 Å². The summed E-state index contributed by atoms with van der Waals surface area (Å²) in [6, 6.07) is 17.2. The molecule has 0 bridgehead atoms. The second-order valence-electron chi connectivity index (χ2n) is 7.66. The minimum Gasteiger partial charge on any atom is -0.342 e. The third kappa shape index (κ3) is 2.91. The van der Waals surface area contributed by atoms with E-state index in [1.165, 1.54) is 11.6 Å². The number of nitro benzene ring substituents is 1. The summed E-state index contributed by atoms with van der Waals surface area (Å²) in [7, 11) is 0. The Morgan fingerprint density at radius 1 is 1.19 bits per heavy atom. The third-order valence-electron chi connectivity index (χ3n) is 6.42. The number of rotatable bonds is 7. The number of aryl methyl sites for hydroxylation is 1. The minimum absolute atomic E-state index is 0.0128. The Morgan fingerprint density at radius 3 is 2.59 bits per heavy atom. The van der Waals surface area contributed by atoms with E-state index in [1.807, 2.05) is 29.2 Å². The van der Waals surface area contributed by atoms with Gasteiger partial charge in [0, 0.05) is 30.6 Å². The van der Waals surface area contributed by atoms with Crippen LogP contribution in [0.15, 0.2) is 54.6 Å². The molecule has 2 aliphatic rings. The van der Waals surface area contributed by atoms with Gasteiger partial charge < -0.3 is 4.90 Å². The second-order valence-corrected chi connectivity index (χ2v) is 7.66. The van der Waals surface area contributed by atoms with Crippen molar-refractivity contribution < 1.29 is 9.72 Å². The molecule has 1 heterocycles. The summed E-state index contributed by atoms with van der Waals surface area (Å²) in [4.78, 5) is 25.7. The molecule has 1 saturated carbocycles. The molecule has 2 aromatic carbocycles. The molecule has 2 fully saturated rings. The van der Waals surface area contributed by atoms with Crippen LogP contribution in [-0.4, -0.2) is 28.8 Å². The number of amides is 1. The molecule has 1 aliphatic carbocycles. The first-order chi connectivity index (χ1) is 13.1. The van der Waals surface area contributed by atoms with Gasteiger partial charge in [0.05, 0.1) is 10.8 Å². The highest BCUT2D eigenvalue weighted by Gasteiger charge is 2.72. The molecule has 0 N–H and O–H groups in total. The lowest BCUT2D eigenvalue weighted by atomic mass is 9.87. The van der Waals surface area contributed by atoms with Crippen LogP contribution >= 0.6 is 0 Å². The van der Waals surface area contributed by atoms with Gasteiger partial charge in [0.15, 0.2) is 0 Å². The minimum atomic E-state index is -0.358. The summed E-state index contributed by atoms with van der Waals surface area (Å²) >= 11 is 0. The van der Waals surface area contributed by atoms with Gasteiger partial charge >= 0.3 is 0 Å². The quantitative estimate of drug-likeness (QED) is 0.552. The van der Waals surface area contributed by atoms with E-state index in [0.29, 0.717) is 0 Å². The summed E-state index contributed by atoms with van der Waals surface area (Å²) in [5.74, 6) is 0.497. The summed E-state index contributed by atoms with van der Waals surface area (Å²) in [6.07, 6.45) is 2.78. The van der Waals surface area contributed by atoms with Gasteiger partial charge in [0.25, 0.3) is 5.69 Å². The van der Waals surface area contributed by atoms with Crippen molar-refractivity contribution in [3.63, 3.8) is 0 Å². The lowest BCUT2D eigenvalue weighted by Gasteiger charge is -2.26. The highest BCUT2D eigenvalue weighted by molar-refractivity contribution is 5.88. The van der Waals surface area contributed by atoms with Gasteiger partial charge in [-0.25, -0.2) is 0 Å². The first-order valence-corrected chi connectivity index (χ1v) is 9.65. The lowest BCUT2D eigenvalue weighted by Crippen LogP contribution is -2.35. The summed E-state index contributed by atoms with van der Waals surface area (Å²) in [6.45, 7) is 3.65. The first kappa shape index (κ1) is 17.7.